The van der Waals surface area contributed by atoms with Crippen molar-refractivity contribution in [3.63, 3.8) is 0 Å². The molecule has 2 unspecified atom stereocenters. The molecule has 2 aromatic rings. The van der Waals surface area contributed by atoms with Gasteiger partial charge in [-0.1, -0.05) is 49.4 Å². The summed E-state index contributed by atoms with van der Waals surface area (Å²) < 4.78 is 5.60. The van der Waals surface area contributed by atoms with E-state index >= 15 is 0 Å². The van der Waals surface area contributed by atoms with Crippen LogP contribution in [0.3, 0.4) is 0 Å². The Morgan fingerprint density at radius 3 is 2.35 bits per heavy atom. The predicted molar refractivity (Wildman–Crippen MR) is 90.3 cm³/mol. The first-order valence-corrected chi connectivity index (χ1v) is 7.85. The summed E-state index contributed by atoms with van der Waals surface area (Å²) in [5, 5.41) is 12.4. The molecular formula is C19H23NO3. The Balaban J connectivity index is 1.98. The zero-order chi connectivity index (χ0) is 16.7. The molecule has 2 rings (SSSR count). The minimum atomic E-state index is -0.638. The van der Waals surface area contributed by atoms with Crippen molar-refractivity contribution in [2.75, 3.05) is 6.61 Å². The van der Waals surface area contributed by atoms with Crippen molar-refractivity contribution in [2.45, 2.75) is 32.4 Å². The molecule has 0 aliphatic rings. The van der Waals surface area contributed by atoms with Gasteiger partial charge in [-0.05, 0) is 36.6 Å². The summed E-state index contributed by atoms with van der Waals surface area (Å²) in [7, 11) is 0. The Hall–Kier alpha value is -2.33. The minimum absolute atomic E-state index is 0.157. The molecule has 0 saturated heterocycles. The Kier molecular flexibility index (Phi) is 6.18. The van der Waals surface area contributed by atoms with Crippen molar-refractivity contribution in [2.24, 2.45) is 0 Å². The second-order valence-corrected chi connectivity index (χ2v) is 5.41. The van der Waals surface area contributed by atoms with Gasteiger partial charge in [-0.15, -0.1) is 0 Å². The lowest BCUT2D eigenvalue weighted by Crippen LogP contribution is -2.39. The van der Waals surface area contributed by atoms with Crippen LogP contribution in [0.5, 0.6) is 5.75 Å². The number of carbonyl (C=O) groups excluding carboxylic acids is 1. The first kappa shape index (κ1) is 17.0. The number of para-hydroxylation sites is 1. The lowest BCUT2D eigenvalue weighted by Gasteiger charge is -2.20. The average molecular weight is 313 g/mol. The largest absolute Gasteiger partial charge is 0.481 e. The highest BCUT2D eigenvalue weighted by Crippen LogP contribution is 2.15. The van der Waals surface area contributed by atoms with Crippen molar-refractivity contribution in [1.82, 2.24) is 5.32 Å². The fraction of sp³-hybridized carbons (Fsp3) is 0.316. The van der Waals surface area contributed by atoms with E-state index in [1.807, 2.05) is 42.5 Å². The van der Waals surface area contributed by atoms with E-state index in [1.54, 1.807) is 19.1 Å². The van der Waals surface area contributed by atoms with Crippen LogP contribution in [0.2, 0.25) is 0 Å². The Labute approximate surface area is 137 Å². The highest BCUT2D eigenvalue weighted by atomic mass is 16.5. The SMILES string of the molecule is CCc1ccc(C(CO)NC(=O)C(C)Oc2ccccc2)cc1. The van der Waals surface area contributed by atoms with Gasteiger partial charge in [-0.25, -0.2) is 0 Å². The highest BCUT2D eigenvalue weighted by molar-refractivity contribution is 5.81. The smallest absolute Gasteiger partial charge is 0.261 e. The van der Waals surface area contributed by atoms with Gasteiger partial charge in [0.2, 0.25) is 0 Å². The maximum atomic E-state index is 12.3. The third-order valence-electron chi connectivity index (χ3n) is 3.71. The summed E-state index contributed by atoms with van der Waals surface area (Å²) in [5.41, 5.74) is 2.10. The molecule has 0 bridgehead atoms. The topological polar surface area (TPSA) is 58.6 Å². The molecule has 4 heteroatoms. The monoisotopic (exact) mass is 313 g/mol. The van der Waals surface area contributed by atoms with E-state index in [0.29, 0.717) is 5.75 Å². The van der Waals surface area contributed by atoms with Crippen molar-refractivity contribution in [3.8, 4) is 5.75 Å². The number of aliphatic hydroxyl groups excluding tert-OH is 1. The van der Waals surface area contributed by atoms with E-state index in [4.69, 9.17) is 4.74 Å². The van der Waals surface area contributed by atoms with Gasteiger partial charge >= 0.3 is 0 Å². The standard InChI is InChI=1S/C19H23NO3/c1-3-15-9-11-16(12-10-15)18(13-21)20-19(22)14(2)23-17-7-5-4-6-8-17/h4-12,14,18,21H,3,13H2,1-2H3,(H,20,22). The number of hydrogen-bond donors (Lipinski definition) is 2. The fourth-order valence-electron chi connectivity index (χ4n) is 2.27. The third kappa shape index (κ3) is 4.83. The molecular weight excluding hydrogens is 290 g/mol. The number of aliphatic hydroxyl groups is 1. The number of nitrogens with one attached hydrogen (secondary N) is 1. The number of amides is 1. The van der Waals surface area contributed by atoms with Crippen LogP contribution in [0.4, 0.5) is 0 Å². The summed E-state index contributed by atoms with van der Waals surface area (Å²) in [4.78, 5) is 12.3. The molecule has 2 atom stereocenters. The van der Waals surface area contributed by atoms with Crippen LogP contribution in [0.15, 0.2) is 54.6 Å². The number of aryl methyl sites for hydroxylation is 1. The minimum Gasteiger partial charge on any atom is -0.481 e. The number of hydrogen-bond acceptors (Lipinski definition) is 3. The van der Waals surface area contributed by atoms with E-state index < -0.39 is 12.1 Å². The third-order valence-corrected chi connectivity index (χ3v) is 3.71. The first-order valence-electron chi connectivity index (χ1n) is 7.85. The van der Waals surface area contributed by atoms with Gasteiger partial charge in [0.25, 0.3) is 5.91 Å². The van der Waals surface area contributed by atoms with Gasteiger partial charge in [0, 0.05) is 0 Å². The maximum absolute atomic E-state index is 12.3. The van der Waals surface area contributed by atoms with Crippen molar-refractivity contribution in [3.05, 3.63) is 65.7 Å². The van der Waals surface area contributed by atoms with Crippen molar-refractivity contribution < 1.29 is 14.6 Å². The van der Waals surface area contributed by atoms with E-state index in [1.165, 1.54) is 5.56 Å². The first-order chi connectivity index (χ1) is 11.1. The molecule has 4 nitrogen and oxygen atoms in total. The molecule has 2 N–H and O–H groups in total. The van der Waals surface area contributed by atoms with Crippen LogP contribution in [0.25, 0.3) is 0 Å². The average Bonchev–Trinajstić information content (AvgIpc) is 2.60. The van der Waals surface area contributed by atoms with Crippen molar-refractivity contribution >= 4 is 5.91 Å². The molecule has 0 spiro atoms. The quantitative estimate of drug-likeness (QED) is 0.826. The molecule has 0 fully saturated rings. The Morgan fingerprint density at radius 2 is 1.78 bits per heavy atom. The number of benzene rings is 2. The molecule has 1 amide bonds. The molecule has 23 heavy (non-hydrogen) atoms. The Bertz CT molecular complexity index is 610. The normalized spacial score (nSPS) is 13.2. The molecule has 0 saturated carbocycles. The number of ether oxygens (including phenoxy) is 1. The van der Waals surface area contributed by atoms with E-state index in [-0.39, 0.29) is 12.5 Å². The number of carbonyl (C=O) groups is 1. The maximum Gasteiger partial charge on any atom is 0.261 e. The van der Waals surface area contributed by atoms with Gasteiger partial charge in [0.1, 0.15) is 5.75 Å². The summed E-state index contributed by atoms with van der Waals surface area (Å²) in [6.07, 6.45) is 0.319. The molecule has 122 valence electrons. The summed E-state index contributed by atoms with van der Waals surface area (Å²) in [6, 6.07) is 16.6. The lowest BCUT2D eigenvalue weighted by molar-refractivity contribution is -0.128. The fourth-order valence-corrected chi connectivity index (χ4v) is 2.27. The van der Waals surface area contributed by atoms with Crippen LogP contribution >= 0.6 is 0 Å². The highest BCUT2D eigenvalue weighted by Gasteiger charge is 2.19. The van der Waals surface area contributed by atoms with Crippen molar-refractivity contribution in [1.29, 1.82) is 0 Å². The zero-order valence-corrected chi connectivity index (χ0v) is 13.5. The Morgan fingerprint density at radius 1 is 1.13 bits per heavy atom. The van der Waals surface area contributed by atoms with Gasteiger partial charge in [0.15, 0.2) is 6.10 Å². The zero-order valence-electron chi connectivity index (χ0n) is 13.5. The van der Waals surface area contributed by atoms with Crippen LogP contribution in [-0.2, 0) is 11.2 Å². The van der Waals surface area contributed by atoms with E-state index in [9.17, 15) is 9.90 Å². The van der Waals surface area contributed by atoms with Crippen LogP contribution in [0.1, 0.15) is 31.0 Å². The second-order valence-electron chi connectivity index (χ2n) is 5.41. The summed E-state index contributed by atoms with van der Waals surface area (Å²) in [5.74, 6) is 0.385. The molecule has 0 aliphatic heterocycles. The molecule has 2 aromatic carbocycles. The van der Waals surface area contributed by atoms with Gasteiger partial charge in [-0.2, -0.15) is 0 Å². The number of rotatable bonds is 7. The predicted octanol–water partition coefficient (Wildman–Crippen LogP) is 2.87. The van der Waals surface area contributed by atoms with E-state index in [0.717, 1.165) is 12.0 Å². The van der Waals surface area contributed by atoms with Crippen LogP contribution in [0, 0.1) is 0 Å². The molecule has 0 radical (unpaired) electrons. The van der Waals surface area contributed by atoms with Gasteiger partial charge < -0.3 is 15.2 Å². The lowest BCUT2D eigenvalue weighted by atomic mass is 10.0. The molecule has 0 aromatic heterocycles. The van der Waals surface area contributed by atoms with E-state index in [2.05, 4.69) is 12.2 Å². The molecule has 0 heterocycles. The summed E-state index contributed by atoms with van der Waals surface area (Å²) >= 11 is 0. The van der Waals surface area contributed by atoms with Crippen LogP contribution < -0.4 is 10.1 Å². The molecule has 0 aliphatic carbocycles. The summed E-state index contributed by atoms with van der Waals surface area (Å²) in [6.45, 7) is 3.62. The van der Waals surface area contributed by atoms with Gasteiger partial charge in [0.05, 0.1) is 12.6 Å². The van der Waals surface area contributed by atoms with Crippen LogP contribution in [-0.4, -0.2) is 23.7 Å². The second kappa shape index (κ2) is 8.34. The van der Waals surface area contributed by atoms with Gasteiger partial charge in [-0.3, -0.25) is 4.79 Å².